The quantitative estimate of drug-likeness (QED) is 0.907. The molecule has 5 heteroatoms. The molecule has 2 amide bonds. The monoisotopic (exact) mass is 312 g/mol. The van der Waals surface area contributed by atoms with Crippen LogP contribution in [0.1, 0.15) is 20.3 Å². The Kier molecular flexibility index (Phi) is 5.85. The van der Waals surface area contributed by atoms with Gasteiger partial charge in [0.25, 0.3) is 0 Å². The van der Waals surface area contributed by atoms with Gasteiger partial charge in [-0.15, -0.1) is 0 Å². The van der Waals surface area contributed by atoms with Gasteiger partial charge in [-0.3, -0.25) is 9.59 Å². The minimum atomic E-state index is -0.0388. The van der Waals surface area contributed by atoms with Crippen LogP contribution in [0, 0.1) is 0 Å². The summed E-state index contributed by atoms with van der Waals surface area (Å²) in [5.74, 6) is -0.0441. The molecule has 0 spiro atoms. The number of hydrogen-bond donors (Lipinski definition) is 1. The van der Waals surface area contributed by atoms with E-state index in [1.165, 1.54) is 6.92 Å². The average Bonchev–Trinajstić information content (AvgIpc) is 2.35. The Morgan fingerprint density at radius 3 is 2.39 bits per heavy atom. The van der Waals surface area contributed by atoms with Gasteiger partial charge in [0.05, 0.1) is 0 Å². The first kappa shape index (κ1) is 14.7. The number of carbonyl (C=O) groups is 2. The van der Waals surface area contributed by atoms with E-state index in [0.717, 1.165) is 10.2 Å². The fourth-order valence-corrected chi connectivity index (χ4v) is 1.79. The normalized spacial score (nSPS) is 9.94. The molecule has 0 atom stereocenters. The second-order valence-electron chi connectivity index (χ2n) is 3.85. The molecule has 0 fully saturated rings. The Bertz CT molecular complexity index is 418. The predicted octanol–water partition coefficient (Wildman–Crippen LogP) is 2.33. The molecule has 0 aliphatic heterocycles. The van der Waals surface area contributed by atoms with Gasteiger partial charge in [0.15, 0.2) is 0 Å². The molecular weight excluding hydrogens is 296 g/mol. The lowest BCUT2D eigenvalue weighted by Gasteiger charge is -2.21. The van der Waals surface area contributed by atoms with E-state index in [0.29, 0.717) is 19.5 Å². The molecule has 0 saturated carbocycles. The summed E-state index contributed by atoms with van der Waals surface area (Å²) in [6.45, 7) is 4.25. The summed E-state index contributed by atoms with van der Waals surface area (Å²) < 4.78 is 0.967. The molecule has 0 aromatic heterocycles. The minimum Gasteiger partial charge on any atom is -0.354 e. The highest BCUT2D eigenvalue weighted by molar-refractivity contribution is 9.10. The number of nitrogens with zero attached hydrogens (tertiary/aromatic N) is 1. The van der Waals surface area contributed by atoms with Gasteiger partial charge >= 0.3 is 0 Å². The van der Waals surface area contributed by atoms with Gasteiger partial charge in [-0.2, -0.15) is 0 Å². The predicted molar refractivity (Wildman–Crippen MR) is 75.5 cm³/mol. The second-order valence-corrected chi connectivity index (χ2v) is 4.77. The van der Waals surface area contributed by atoms with Gasteiger partial charge in [-0.25, -0.2) is 0 Å². The van der Waals surface area contributed by atoms with E-state index < -0.39 is 0 Å². The van der Waals surface area contributed by atoms with Crippen molar-refractivity contribution < 1.29 is 9.59 Å². The van der Waals surface area contributed by atoms with Crippen LogP contribution in [0.2, 0.25) is 0 Å². The lowest BCUT2D eigenvalue weighted by atomic mass is 10.3. The van der Waals surface area contributed by atoms with Crippen molar-refractivity contribution in [2.45, 2.75) is 20.3 Å². The van der Waals surface area contributed by atoms with Crippen molar-refractivity contribution in [3.63, 3.8) is 0 Å². The molecule has 0 aliphatic rings. The van der Waals surface area contributed by atoms with Crippen molar-refractivity contribution in [2.75, 3.05) is 18.0 Å². The maximum Gasteiger partial charge on any atom is 0.223 e. The van der Waals surface area contributed by atoms with Gasteiger partial charge < -0.3 is 10.2 Å². The van der Waals surface area contributed by atoms with Crippen molar-refractivity contribution in [2.24, 2.45) is 0 Å². The molecule has 1 rings (SSSR count). The van der Waals surface area contributed by atoms with Crippen LogP contribution in [-0.2, 0) is 9.59 Å². The Hall–Kier alpha value is -1.36. The van der Waals surface area contributed by atoms with Crippen molar-refractivity contribution in [1.82, 2.24) is 5.32 Å². The first-order chi connectivity index (χ1) is 8.54. The topological polar surface area (TPSA) is 49.4 Å². The molecule has 0 unspecified atom stereocenters. The van der Waals surface area contributed by atoms with Gasteiger partial charge in [-0.05, 0) is 24.3 Å². The first-order valence-corrected chi connectivity index (χ1v) is 6.64. The summed E-state index contributed by atoms with van der Waals surface area (Å²) in [6.07, 6.45) is 0.457. The third kappa shape index (κ3) is 4.49. The lowest BCUT2D eigenvalue weighted by molar-refractivity contribution is -0.121. The molecule has 98 valence electrons. The number of rotatable bonds is 5. The van der Waals surface area contributed by atoms with Crippen LogP contribution in [0.25, 0.3) is 0 Å². The lowest BCUT2D eigenvalue weighted by Crippen LogP contribution is -2.37. The second kappa shape index (κ2) is 7.16. The highest BCUT2D eigenvalue weighted by Crippen LogP contribution is 2.18. The van der Waals surface area contributed by atoms with Gasteiger partial charge in [-0.1, -0.05) is 22.9 Å². The van der Waals surface area contributed by atoms with E-state index in [9.17, 15) is 9.59 Å². The Balaban J connectivity index is 2.63. The van der Waals surface area contributed by atoms with Gasteiger partial charge in [0, 0.05) is 36.6 Å². The summed E-state index contributed by atoms with van der Waals surface area (Å²) >= 11 is 3.35. The van der Waals surface area contributed by atoms with E-state index in [1.54, 1.807) is 11.8 Å². The molecule has 0 saturated heterocycles. The summed E-state index contributed by atoms with van der Waals surface area (Å²) in [4.78, 5) is 24.3. The van der Waals surface area contributed by atoms with Gasteiger partial charge in [0.1, 0.15) is 0 Å². The zero-order valence-corrected chi connectivity index (χ0v) is 12.2. The summed E-state index contributed by atoms with van der Waals surface area (Å²) in [6, 6.07) is 7.51. The maximum absolute atomic E-state index is 11.6. The van der Waals surface area contributed by atoms with Crippen LogP contribution in [0.3, 0.4) is 0 Å². The molecule has 0 heterocycles. The summed E-state index contributed by atoms with van der Waals surface area (Å²) in [5, 5.41) is 2.76. The molecule has 1 aromatic rings. The molecule has 0 aliphatic carbocycles. The summed E-state index contributed by atoms with van der Waals surface area (Å²) in [5.41, 5.74) is 0.830. The van der Waals surface area contributed by atoms with E-state index in [2.05, 4.69) is 21.2 Å². The Morgan fingerprint density at radius 2 is 1.89 bits per heavy atom. The number of benzene rings is 1. The molecule has 1 aromatic carbocycles. The highest BCUT2D eigenvalue weighted by atomic mass is 79.9. The molecule has 0 radical (unpaired) electrons. The van der Waals surface area contributed by atoms with E-state index >= 15 is 0 Å². The number of hydrogen-bond acceptors (Lipinski definition) is 2. The number of nitrogens with one attached hydrogen (secondary N) is 1. The molecule has 18 heavy (non-hydrogen) atoms. The van der Waals surface area contributed by atoms with Crippen LogP contribution in [0.15, 0.2) is 28.7 Å². The standard InChI is InChI=1S/C13H17BrN2O2/c1-3-13(18)15-8-9-16(10(2)17)12-6-4-11(14)5-7-12/h4-7H,3,8-9H2,1-2H3,(H,15,18). The third-order valence-corrected chi connectivity index (χ3v) is 3.03. The SMILES string of the molecule is CCC(=O)NCCN(C(C)=O)c1ccc(Br)cc1. The average molecular weight is 313 g/mol. The number of amides is 2. The smallest absolute Gasteiger partial charge is 0.223 e. The number of carbonyl (C=O) groups excluding carboxylic acids is 2. The van der Waals surface area contributed by atoms with E-state index in [1.807, 2.05) is 24.3 Å². The van der Waals surface area contributed by atoms with E-state index in [-0.39, 0.29) is 11.8 Å². The van der Waals surface area contributed by atoms with Crippen LogP contribution >= 0.6 is 15.9 Å². The van der Waals surface area contributed by atoms with Gasteiger partial charge in [0.2, 0.25) is 11.8 Å². The molecule has 4 nitrogen and oxygen atoms in total. The first-order valence-electron chi connectivity index (χ1n) is 5.85. The number of halogens is 1. The van der Waals surface area contributed by atoms with Crippen LogP contribution in [-0.4, -0.2) is 24.9 Å². The van der Waals surface area contributed by atoms with Crippen molar-refractivity contribution >= 4 is 33.4 Å². The number of anilines is 1. The maximum atomic E-state index is 11.6. The Morgan fingerprint density at radius 1 is 1.28 bits per heavy atom. The Labute approximate surface area is 115 Å². The van der Waals surface area contributed by atoms with Crippen LogP contribution in [0.4, 0.5) is 5.69 Å². The fraction of sp³-hybridized carbons (Fsp3) is 0.385. The van der Waals surface area contributed by atoms with Crippen molar-refractivity contribution in [3.8, 4) is 0 Å². The summed E-state index contributed by atoms with van der Waals surface area (Å²) in [7, 11) is 0. The van der Waals surface area contributed by atoms with Crippen LogP contribution in [0.5, 0.6) is 0 Å². The zero-order valence-electron chi connectivity index (χ0n) is 10.6. The van der Waals surface area contributed by atoms with E-state index in [4.69, 9.17) is 0 Å². The molecule has 1 N–H and O–H groups in total. The van der Waals surface area contributed by atoms with Crippen molar-refractivity contribution in [1.29, 1.82) is 0 Å². The van der Waals surface area contributed by atoms with Crippen LogP contribution < -0.4 is 10.2 Å². The fourth-order valence-electron chi connectivity index (χ4n) is 1.52. The third-order valence-electron chi connectivity index (χ3n) is 2.50. The minimum absolute atomic E-state index is 0.00527. The molecule has 0 bridgehead atoms. The highest BCUT2D eigenvalue weighted by Gasteiger charge is 2.11. The largest absolute Gasteiger partial charge is 0.354 e. The van der Waals surface area contributed by atoms with Crippen molar-refractivity contribution in [3.05, 3.63) is 28.7 Å². The molecular formula is C13H17BrN2O2. The zero-order chi connectivity index (χ0) is 13.5.